The number of aromatic nitrogens is 1. The van der Waals surface area contributed by atoms with Gasteiger partial charge in [-0.1, -0.05) is 36.4 Å². The molecule has 0 radical (unpaired) electrons. The van der Waals surface area contributed by atoms with Crippen LogP contribution in [0.15, 0.2) is 66.7 Å². The van der Waals surface area contributed by atoms with E-state index >= 15 is 0 Å². The number of rotatable bonds is 8. The van der Waals surface area contributed by atoms with Gasteiger partial charge < -0.3 is 14.4 Å². The van der Waals surface area contributed by atoms with Crippen molar-refractivity contribution in [1.29, 1.82) is 0 Å². The van der Waals surface area contributed by atoms with Gasteiger partial charge in [0.2, 0.25) is 0 Å². The summed E-state index contributed by atoms with van der Waals surface area (Å²) in [6.07, 6.45) is 4.84. The number of amides is 1. The van der Waals surface area contributed by atoms with E-state index in [-0.39, 0.29) is 18.6 Å². The Kier molecular flexibility index (Phi) is 6.26. The Bertz CT molecular complexity index is 1100. The van der Waals surface area contributed by atoms with Crippen molar-refractivity contribution in [3.05, 3.63) is 78.0 Å². The Morgan fingerprint density at radius 3 is 2.58 bits per heavy atom. The van der Waals surface area contributed by atoms with Gasteiger partial charge >= 0.3 is 5.97 Å². The van der Waals surface area contributed by atoms with E-state index in [1.54, 1.807) is 18.1 Å². The standard InChI is InChI=1S/C25H24N2O4/c1-30-22-13-6-18(7-14-22)16-27(21-11-12-21)24(28)17-31-25(29)15-10-20-9-8-19-4-2-3-5-23(19)26-20/h2-10,13-15,21H,11-12,16-17H2,1H3/b15-10+. The van der Waals surface area contributed by atoms with Gasteiger partial charge in [-0.25, -0.2) is 9.78 Å². The van der Waals surface area contributed by atoms with Crippen LogP contribution in [0.4, 0.5) is 0 Å². The smallest absolute Gasteiger partial charge is 0.331 e. The summed E-state index contributed by atoms with van der Waals surface area (Å²) in [5.41, 5.74) is 2.52. The number of benzene rings is 2. The van der Waals surface area contributed by atoms with Gasteiger partial charge in [0.25, 0.3) is 5.91 Å². The molecule has 6 nitrogen and oxygen atoms in total. The number of pyridine rings is 1. The topological polar surface area (TPSA) is 68.7 Å². The zero-order chi connectivity index (χ0) is 21.6. The molecule has 1 aliphatic rings. The summed E-state index contributed by atoms with van der Waals surface area (Å²) in [4.78, 5) is 31.0. The lowest BCUT2D eigenvalue weighted by atomic mass is 10.2. The lowest BCUT2D eigenvalue weighted by molar-refractivity contribution is -0.148. The molecule has 0 spiro atoms. The van der Waals surface area contributed by atoms with Crippen LogP contribution in [0, 0.1) is 0 Å². The molecular weight excluding hydrogens is 392 g/mol. The van der Waals surface area contributed by atoms with E-state index < -0.39 is 5.97 Å². The third kappa shape index (κ3) is 5.48. The van der Waals surface area contributed by atoms with Gasteiger partial charge in [0.1, 0.15) is 5.75 Å². The van der Waals surface area contributed by atoms with Gasteiger partial charge in [-0.05, 0) is 48.7 Å². The molecule has 31 heavy (non-hydrogen) atoms. The first-order valence-corrected chi connectivity index (χ1v) is 10.3. The molecule has 158 valence electrons. The zero-order valence-corrected chi connectivity index (χ0v) is 17.4. The molecule has 1 saturated carbocycles. The van der Waals surface area contributed by atoms with Crippen LogP contribution < -0.4 is 4.74 Å². The minimum atomic E-state index is -0.566. The minimum Gasteiger partial charge on any atom is -0.497 e. The number of carbonyl (C=O) groups excluding carboxylic acids is 2. The van der Waals surface area contributed by atoms with Gasteiger partial charge in [-0.15, -0.1) is 0 Å². The number of methoxy groups -OCH3 is 1. The number of hydrogen-bond acceptors (Lipinski definition) is 5. The number of ether oxygens (including phenoxy) is 2. The van der Waals surface area contributed by atoms with E-state index in [9.17, 15) is 9.59 Å². The first-order valence-electron chi connectivity index (χ1n) is 10.3. The highest BCUT2D eigenvalue weighted by Gasteiger charge is 2.32. The normalized spacial score (nSPS) is 13.3. The first kappa shape index (κ1) is 20.6. The fourth-order valence-electron chi connectivity index (χ4n) is 3.33. The summed E-state index contributed by atoms with van der Waals surface area (Å²) in [6.45, 7) is 0.211. The Balaban J connectivity index is 1.32. The van der Waals surface area contributed by atoms with Crippen LogP contribution in [0.2, 0.25) is 0 Å². The van der Waals surface area contributed by atoms with Gasteiger partial charge in [-0.3, -0.25) is 4.79 Å². The van der Waals surface area contributed by atoms with E-state index in [1.165, 1.54) is 6.08 Å². The quantitative estimate of drug-likeness (QED) is 0.410. The molecule has 0 N–H and O–H groups in total. The summed E-state index contributed by atoms with van der Waals surface area (Å²) in [6, 6.07) is 19.4. The summed E-state index contributed by atoms with van der Waals surface area (Å²) < 4.78 is 10.4. The number of para-hydroxylation sites is 1. The van der Waals surface area contributed by atoms with E-state index in [0.717, 1.165) is 35.1 Å². The summed E-state index contributed by atoms with van der Waals surface area (Å²) in [7, 11) is 1.62. The first-order chi connectivity index (χ1) is 15.1. The Morgan fingerprint density at radius 2 is 1.84 bits per heavy atom. The number of hydrogen-bond donors (Lipinski definition) is 0. The Morgan fingerprint density at radius 1 is 1.06 bits per heavy atom. The Labute approximate surface area is 181 Å². The van der Waals surface area contributed by atoms with Crippen molar-refractivity contribution in [2.75, 3.05) is 13.7 Å². The van der Waals surface area contributed by atoms with Gasteiger partial charge in [0, 0.05) is 24.0 Å². The lowest BCUT2D eigenvalue weighted by Crippen LogP contribution is -2.35. The van der Waals surface area contributed by atoms with Crippen molar-refractivity contribution in [3.8, 4) is 5.75 Å². The van der Waals surface area contributed by atoms with E-state index in [0.29, 0.717) is 12.2 Å². The highest BCUT2D eigenvalue weighted by molar-refractivity contribution is 5.89. The lowest BCUT2D eigenvalue weighted by Gasteiger charge is -2.22. The molecule has 0 bridgehead atoms. The molecule has 0 atom stereocenters. The molecule has 2 aromatic carbocycles. The largest absolute Gasteiger partial charge is 0.497 e. The highest BCUT2D eigenvalue weighted by atomic mass is 16.5. The van der Waals surface area contributed by atoms with E-state index in [2.05, 4.69) is 4.98 Å². The number of nitrogens with zero attached hydrogens (tertiary/aromatic N) is 2. The van der Waals surface area contributed by atoms with Gasteiger partial charge in [-0.2, -0.15) is 0 Å². The van der Waals surface area contributed by atoms with Crippen molar-refractivity contribution < 1.29 is 19.1 Å². The molecule has 4 rings (SSSR count). The number of carbonyl (C=O) groups is 2. The van der Waals surface area contributed by atoms with Crippen molar-refractivity contribution in [3.63, 3.8) is 0 Å². The highest BCUT2D eigenvalue weighted by Crippen LogP contribution is 2.29. The van der Waals surface area contributed by atoms with E-state index in [1.807, 2.05) is 60.7 Å². The zero-order valence-electron chi connectivity index (χ0n) is 17.4. The summed E-state index contributed by atoms with van der Waals surface area (Å²) >= 11 is 0. The van der Waals surface area contributed by atoms with Crippen LogP contribution in [-0.4, -0.2) is 41.5 Å². The Hall–Kier alpha value is -3.67. The predicted molar refractivity (Wildman–Crippen MR) is 118 cm³/mol. The fourth-order valence-corrected chi connectivity index (χ4v) is 3.33. The van der Waals surface area contributed by atoms with Crippen molar-refractivity contribution in [2.24, 2.45) is 0 Å². The van der Waals surface area contributed by atoms with Crippen LogP contribution in [0.1, 0.15) is 24.1 Å². The molecule has 0 aliphatic heterocycles. The van der Waals surface area contributed by atoms with Gasteiger partial charge in [0.15, 0.2) is 6.61 Å². The van der Waals surface area contributed by atoms with Crippen molar-refractivity contribution in [2.45, 2.75) is 25.4 Å². The molecule has 3 aromatic rings. The molecule has 0 unspecified atom stereocenters. The maximum absolute atomic E-state index is 12.7. The second-order valence-electron chi connectivity index (χ2n) is 7.47. The maximum Gasteiger partial charge on any atom is 0.331 e. The second kappa shape index (κ2) is 9.43. The predicted octanol–water partition coefficient (Wildman–Crippen LogP) is 3.99. The molecule has 6 heteroatoms. The minimum absolute atomic E-state index is 0.191. The summed E-state index contributed by atoms with van der Waals surface area (Å²) in [5, 5.41) is 1.03. The fraction of sp³-hybridized carbons (Fsp3) is 0.240. The molecule has 0 saturated heterocycles. The van der Waals surface area contributed by atoms with Crippen LogP contribution >= 0.6 is 0 Å². The van der Waals surface area contributed by atoms with Crippen LogP contribution in [0.25, 0.3) is 17.0 Å². The molecular formula is C25H24N2O4. The molecule has 1 aliphatic carbocycles. The van der Waals surface area contributed by atoms with Gasteiger partial charge in [0.05, 0.1) is 18.3 Å². The third-order valence-corrected chi connectivity index (χ3v) is 5.17. The molecule has 1 fully saturated rings. The number of fused-ring (bicyclic) bond motifs is 1. The van der Waals surface area contributed by atoms with Crippen LogP contribution in [-0.2, 0) is 20.9 Å². The monoisotopic (exact) mass is 416 g/mol. The number of esters is 1. The second-order valence-corrected chi connectivity index (χ2v) is 7.47. The average molecular weight is 416 g/mol. The third-order valence-electron chi connectivity index (χ3n) is 5.17. The van der Waals surface area contributed by atoms with Crippen molar-refractivity contribution >= 4 is 28.9 Å². The maximum atomic E-state index is 12.7. The molecule has 1 heterocycles. The molecule has 1 aromatic heterocycles. The van der Waals surface area contributed by atoms with Crippen LogP contribution in [0.3, 0.4) is 0 Å². The molecule has 1 amide bonds. The van der Waals surface area contributed by atoms with Crippen LogP contribution in [0.5, 0.6) is 5.75 Å². The van der Waals surface area contributed by atoms with Crippen molar-refractivity contribution in [1.82, 2.24) is 9.88 Å². The van der Waals surface area contributed by atoms with E-state index in [4.69, 9.17) is 9.47 Å². The summed E-state index contributed by atoms with van der Waals surface area (Å²) in [5.74, 6) is 0.0158. The SMILES string of the molecule is COc1ccc(CN(C(=O)COC(=O)/C=C/c2ccc3ccccc3n2)C2CC2)cc1. The average Bonchev–Trinajstić information content (AvgIpc) is 3.65.